The number of allylic oxidation sites excluding steroid dienone is 3. The van der Waals surface area contributed by atoms with Gasteiger partial charge in [-0.2, -0.15) is 0 Å². The van der Waals surface area contributed by atoms with Crippen molar-refractivity contribution in [2.45, 2.75) is 20.8 Å². The fourth-order valence-corrected chi connectivity index (χ4v) is 3.60. The van der Waals surface area contributed by atoms with Crippen molar-refractivity contribution in [1.29, 1.82) is 10.8 Å². The van der Waals surface area contributed by atoms with Crippen molar-refractivity contribution < 1.29 is 4.79 Å². The fourth-order valence-electron chi connectivity index (χ4n) is 3.60. The highest BCUT2D eigenvalue weighted by Crippen LogP contribution is 2.31. The van der Waals surface area contributed by atoms with E-state index in [0.29, 0.717) is 17.8 Å². The molecule has 0 saturated carbocycles. The summed E-state index contributed by atoms with van der Waals surface area (Å²) in [5.41, 5.74) is 6.78. The van der Waals surface area contributed by atoms with Crippen LogP contribution < -0.4 is 5.32 Å². The van der Waals surface area contributed by atoms with Gasteiger partial charge in [-0.05, 0) is 49.6 Å². The van der Waals surface area contributed by atoms with Gasteiger partial charge in [0.2, 0.25) is 0 Å². The number of Topliss-reactive ketones (excluding diaryl/α,β-unsaturated/α-hetero) is 1. The van der Waals surface area contributed by atoms with E-state index >= 15 is 0 Å². The Kier molecular flexibility index (Phi) is 8.79. The molecule has 0 amide bonds. The summed E-state index contributed by atoms with van der Waals surface area (Å²) in [6.45, 7) is 5.96. The molecule has 35 heavy (non-hydrogen) atoms. The summed E-state index contributed by atoms with van der Waals surface area (Å²) in [6, 6.07) is 23.3. The van der Waals surface area contributed by atoms with E-state index in [0.717, 1.165) is 33.5 Å². The Balaban J connectivity index is 2.01. The fraction of sp³-hybridized carbons (Fsp3) is 0.133. The normalized spacial score (nSPS) is 12.0. The molecule has 0 spiro atoms. The van der Waals surface area contributed by atoms with Crippen LogP contribution in [0.2, 0.25) is 0 Å². The van der Waals surface area contributed by atoms with Gasteiger partial charge in [0.05, 0.1) is 5.69 Å². The van der Waals surface area contributed by atoms with Gasteiger partial charge in [-0.25, -0.2) is 0 Å². The molecular weight excluding hydrogens is 432 g/mol. The maximum absolute atomic E-state index is 11.6. The van der Waals surface area contributed by atoms with E-state index in [-0.39, 0.29) is 11.6 Å². The minimum Gasteiger partial charge on any atom is -0.366 e. The number of nitrogens with one attached hydrogen (secondary N) is 3. The molecule has 5 heteroatoms. The van der Waals surface area contributed by atoms with E-state index in [4.69, 9.17) is 15.8 Å². The van der Waals surface area contributed by atoms with Gasteiger partial charge < -0.3 is 10.7 Å². The first-order chi connectivity index (χ1) is 16.9. The molecule has 176 valence electrons. The monoisotopic (exact) mass is 462 g/mol. The molecule has 0 aliphatic heterocycles. The number of carbonyl (C=O) groups excluding carboxylic acids is 1. The van der Waals surface area contributed by atoms with E-state index in [1.54, 1.807) is 13.0 Å². The number of rotatable bonds is 9. The number of nitrogens with zero attached hydrogens (tertiary/aromatic N) is 1. The van der Waals surface area contributed by atoms with Crippen LogP contribution in [0.5, 0.6) is 0 Å². The third-order valence-electron chi connectivity index (χ3n) is 5.51. The SMILES string of the molecule is CC(=O)c1ccc(/C(C)=N/c2cccc(-c3ccccc3)c2C(=N)NC/C(C)=C/C=C\C=N)cc1. The zero-order valence-electron chi connectivity index (χ0n) is 20.3. The predicted octanol–water partition coefficient (Wildman–Crippen LogP) is 6.76. The lowest BCUT2D eigenvalue weighted by molar-refractivity contribution is 0.101. The molecule has 0 radical (unpaired) electrons. The lowest BCUT2D eigenvalue weighted by Gasteiger charge is -2.16. The van der Waals surface area contributed by atoms with Gasteiger partial charge in [-0.15, -0.1) is 0 Å². The summed E-state index contributed by atoms with van der Waals surface area (Å²) < 4.78 is 0. The number of hydrogen-bond donors (Lipinski definition) is 3. The number of benzene rings is 3. The highest BCUT2D eigenvalue weighted by Gasteiger charge is 2.15. The van der Waals surface area contributed by atoms with Crippen molar-refractivity contribution >= 4 is 29.2 Å². The van der Waals surface area contributed by atoms with E-state index in [9.17, 15) is 4.79 Å². The van der Waals surface area contributed by atoms with Crippen LogP contribution >= 0.6 is 0 Å². The number of ketones is 1. The van der Waals surface area contributed by atoms with Gasteiger partial charge in [0.15, 0.2) is 5.78 Å². The van der Waals surface area contributed by atoms with Crippen LogP contribution in [-0.2, 0) is 0 Å². The molecule has 3 rings (SSSR count). The summed E-state index contributed by atoms with van der Waals surface area (Å²) in [5, 5.41) is 19.2. The van der Waals surface area contributed by atoms with E-state index in [1.165, 1.54) is 6.21 Å². The molecule has 0 aliphatic rings. The van der Waals surface area contributed by atoms with Gasteiger partial charge in [0.25, 0.3) is 0 Å². The lowest BCUT2D eigenvalue weighted by atomic mass is 9.97. The summed E-state index contributed by atoms with van der Waals surface area (Å²) in [5.74, 6) is 0.313. The van der Waals surface area contributed by atoms with Crippen LogP contribution in [0.25, 0.3) is 11.1 Å². The Bertz CT molecular complexity index is 1300. The molecule has 3 N–H and O–H groups in total. The number of amidine groups is 1. The highest BCUT2D eigenvalue weighted by atomic mass is 16.1. The molecule has 0 aromatic heterocycles. The second kappa shape index (κ2) is 12.2. The maximum atomic E-state index is 11.6. The molecule has 0 atom stereocenters. The second-order valence-electron chi connectivity index (χ2n) is 8.19. The van der Waals surface area contributed by atoms with Crippen molar-refractivity contribution in [3.63, 3.8) is 0 Å². The van der Waals surface area contributed by atoms with E-state index in [2.05, 4.69) is 5.32 Å². The first-order valence-electron chi connectivity index (χ1n) is 11.4. The summed E-state index contributed by atoms with van der Waals surface area (Å²) in [7, 11) is 0. The topological polar surface area (TPSA) is 89.2 Å². The van der Waals surface area contributed by atoms with Crippen LogP contribution in [0.4, 0.5) is 5.69 Å². The zero-order chi connectivity index (χ0) is 25.2. The average molecular weight is 463 g/mol. The van der Waals surface area contributed by atoms with Crippen molar-refractivity contribution in [2.75, 3.05) is 6.54 Å². The van der Waals surface area contributed by atoms with Gasteiger partial charge in [-0.1, -0.05) is 84.5 Å². The molecule has 0 aliphatic carbocycles. The average Bonchev–Trinajstić information content (AvgIpc) is 2.88. The minimum atomic E-state index is 0.0289. The predicted molar refractivity (Wildman–Crippen MR) is 147 cm³/mol. The molecule has 0 fully saturated rings. The third-order valence-corrected chi connectivity index (χ3v) is 5.51. The van der Waals surface area contributed by atoms with Crippen LogP contribution in [0.1, 0.15) is 42.3 Å². The first kappa shape index (κ1) is 25.2. The minimum absolute atomic E-state index is 0.0289. The van der Waals surface area contributed by atoms with Crippen molar-refractivity contribution in [1.82, 2.24) is 5.32 Å². The molecule has 0 heterocycles. The van der Waals surface area contributed by atoms with Gasteiger partial charge >= 0.3 is 0 Å². The molecule has 0 unspecified atom stereocenters. The molecule has 3 aromatic carbocycles. The Labute approximate surface area is 207 Å². The Morgan fingerprint density at radius 2 is 1.57 bits per heavy atom. The molecule has 0 saturated heterocycles. The smallest absolute Gasteiger partial charge is 0.159 e. The summed E-state index contributed by atoms with van der Waals surface area (Å²) in [6.07, 6.45) is 6.61. The molecule has 5 nitrogen and oxygen atoms in total. The van der Waals surface area contributed by atoms with Crippen LogP contribution in [0.3, 0.4) is 0 Å². The maximum Gasteiger partial charge on any atom is 0.159 e. The van der Waals surface area contributed by atoms with Crippen molar-refractivity contribution in [3.05, 3.63) is 113 Å². The van der Waals surface area contributed by atoms with Crippen LogP contribution in [0.15, 0.2) is 102 Å². The number of hydrogen-bond acceptors (Lipinski definition) is 4. The lowest BCUT2D eigenvalue weighted by Crippen LogP contribution is -2.26. The first-order valence-corrected chi connectivity index (χ1v) is 11.4. The highest BCUT2D eigenvalue weighted by molar-refractivity contribution is 6.09. The van der Waals surface area contributed by atoms with Gasteiger partial charge in [0.1, 0.15) is 5.84 Å². The summed E-state index contributed by atoms with van der Waals surface area (Å²) >= 11 is 0. The second-order valence-corrected chi connectivity index (χ2v) is 8.19. The summed E-state index contributed by atoms with van der Waals surface area (Å²) in [4.78, 5) is 16.5. The van der Waals surface area contributed by atoms with Gasteiger partial charge in [0, 0.05) is 29.6 Å². The molecule has 3 aromatic rings. The van der Waals surface area contributed by atoms with Crippen LogP contribution in [-0.4, -0.2) is 30.1 Å². The quantitative estimate of drug-likeness (QED) is 0.142. The van der Waals surface area contributed by atoms with Crippen molar-refractivity contribution in [2.24, 2.45) is 4.99 Å². The van der Waals surface area contributed by atoms with E-state index < -0.39 is 0 Å². The Hall–Kier alpha value is -4.38. The standard InChI is InChI=1S/C30H30N4O/c1-21(10-7-8-19-31)20-33-30(32)29-27(26-11-5-4-6-12-26)13-9-14-28(29)34-22(2)24-15-17-25(18-16-24)23(3)35/h4-19,31H,20H2,1-3H3,(H2,32,33)/b8-7-,21-10+,31-19?,34-22+. The van der Waals surface area contributed by atoms with E-state index in [1.807, 2.05) is 98.8 Å². The number of carbonyl (C=O) groups is 1. The molecular formula is C30H30N4O. The molecule has 0 bridgehead atoms. The largest absolute Gasteiger partial charge is 0.366 e. The Morgan fingerprint density at radius 3 is 2.23 bits per heavy atom. The van der Waals surface area contributed by atoms with Crippen LogP contribution in [0, 0.1) is 10.8 Å². The zero-order valence-corrected chi connectivity index (χ0v) is 20.3. The number of aliphatic imine (C=N–C) groups is 1. The van der Waals surface area contributed by atoms with Crippen molar-refractivity contribution in [3.8, 4) is 11.1 Å². The Morgan fingerprint density at radius 1 is 0.886 bits per heavy atom. The van der Waals surface area contributed by atoms with Gasteiger partial charge in [-0.3, -0.25) is 15.2 Å². The third kappa shape index (κ3) is 6.81.